The van der Waals surface area contributed by atoms with E-state index in [0.717, 1.165) is 4.90 Å². The van der Waals surface area contributed by atoms with Crippen molar-refractivity contribution < 1.29 is 9.53 Å². The van der Waals surface area contributed by atoms with E-state index in [0.29, 0.717) is 16.5 Å². The zero-order chi connectivity index (χ0) is 14.1. The SMILES string of the molecule is Nc1nc(Cl)cnc1Sc1ccc2c(c1)NC(=O)CO2. The highest BCUT2D eigenvalue weighted by molar-refractivity contribution is 7.99. The molecule has 3 rings (SSSR count). The van der Waals surface area contributed by atoms with E-state index in [9.17, 15) is 4.79 Å². The Morgan fingerprint density at radius 3 is 3.10 bits per heavy atom. The van der Waals surface area contributed by atoms with Gasteiger partial charge in [0.15, 0.2) is 12.4 Å². The van der Waals surface area contributed by atoms with Gasteiger partial charge in [0.05, 0.1) is 11.9 Å². The molecule has 102 valence electrons. The summed E-state index contributed by atoms with van der Waals surface area (Å²) in [5, 5.41) is 3.55. The molecule has 0 saturated heterocycles. The molecule has 0 spiro atoms. The first-order valence-corrected chi connectivity index (χ1v) is 6.84. The van der Waals surface area contributed by atoms with Crippen LogP contribution in [0.15, 0.2) is 34.3 Å². The van der Waals surface area contributed by atoms with Gasteiger partial charge in [-0.3, -0.25) is 4.79 Å². The molecule has 0 aliphatic carbocycles. The number of nitrogen functional groups attached to an aromatic ring is 1. The van der Waals surface area contributed by atoms with E-state index in [2.05, 4.69) is 15.3 Å². The maximum Gasteiger partial charge on any atom is 0.262 e. The zero-order valence-corrected chi connectivity index (χ0v) is 11.7. The minimum atomic E-state index is -0.176. The second-order valence-electron chi connectivity index (χ2n) is 3.98. The Bertz CT molecular complexity index is 695. The molecule has 1 aliphatic rings. The van der Waals surface area contributed by atoms with E-state index >= 15 is 0 Å². The van der Waals surface area contributed by atoms with Gasteiger partial charge in [-0.25, -0.2) is 9.97 Å². The molecule has 0 unspecified atom stereocenters. The number of ether oxygens (including phenoxy) is 1. The van der Waals surface area contributed by atoms with Gasteiger partial charge in [0, 0.05) is 4.90 Å². The lowest BCUT2D eigenvalue weighted by molar-refractivity contribution is -0.118. The molecule has 0 atom stereocenters. The fourth-order valence-electron chi connectivity index (χ4n) is 1.69. The number of aromatic nitrogens is 2. The lowest BCUT2D eigenvalue weighted by atomic mass is 10.2. The maximum atomic E-state index is 11.3. The van der Waals surface area contributed by atoms with Crippen molar-refractivity contribution in [3.8, 4) is 5.75 Å². The van der Waals surface area contributed by atoms with Crippen molar-refractivity contribution in [2.45, 2.75) is 9.92 Å². The Balaban J connectivity index is 1.88. The van der Waals surface area contributed by atoms with Crippen molar-refractivity contribution in [2.24, 2.45) is 0 Å². The second-order valence-corrected chi connectivity index (χ2v) is 5.43. The number of hydrogen-bond acceptors (Lipinski definition) is 6. The number of rotatable bonds is 2. The molecule has 2 aromatic rings. The van der Waals surface area contributed by atoms with E-state index in [4.69, 9.17) is 22.1 Å². The van der Waals surface area contributed by atoms with Crippen LogP contribution in [0.2, 0.25) is 5.15 Å². The van der Waals surface area contributed by atoms with Crippen LogP contribution < -0.4 is 15.8 Å². The Kier molecular flexibility index (Phi) is 3.37. The average Bonchev–Trinajstić information content (AvgIpc) is 2.41. The average molecular weight is 309 g/mol. The predicted molar refractivity (Wildman–Crippen MR) is 76.1 cm³/mol. The van der Waals surface area contributed by atoms with Crippen molar-refractivity contribution >= 4 is 40.8 Å². The molecule has 8 heteroatoms. The number of anilines is 2. The van der Waals surface area contributed by atoms with Gasteiger partial charge in [-0.2, -0.15) is 0 Å². The lowest BCUT2D eigenvalue weighted by Crippen LogP contribution is -2.25. The molecule has 1 aromatic carbocycles. The van der Waals surface area contributed by atoms with Crippen LogP contribution in [0.1, 0.15) is 0 Å². The van der Waals surface area contributed by atoms with E-state index in [-0.39, 0.29) is 23.5 Å². The summed E-state index contributed by atoms with van der Waals surface area (Å²) in [5.41, 5.74) is 6.39. The first kappa shape index (κ1) is 13.0. The number of hydrogen-bond donors (Lipinski definition) is 2. The van der Waals surface area contributed by atoms with Crippen molar-refractivity contribution in [2.75, 3.05) is 17.7 Å². The van der Waals surface area contributed by atoms with Gasteiger partial charge in [0.2, 0.25) is 0 Å². The third-order valence-electron chi connectivity index (χ3n) is 2.53. The summed E-state index contributed by atoms with van der Waals surface area (Å²) < 4.78 is 5.29. The number of nitrogens with one attached hydrogen (secondary N) is 1. The first-order chi connectivity index (χ1) is 9.61. The number of amides is 1. The molecule has 0 saturated carbocycles. The summed E-state index contributed by atoms with van der Waals surface area (Å²) in [4.78, 5) is 20.2. The smallest absolute Gasteiger partial charge is 0.262 e. The second kappa shape index (κ2) is 5.18. The lowest BCUT2D eigenvalue weighted by Gasteiger charge is -2.18. The van der Waals surface area contributed by atoms with Gasteiger partial charge in [-0.15, -0.1) is 0 Å². The van der Waals surface area contributed by atoms with Crippen LogP contribution in [0.5, 0.6) is 5.75 Å². The Morgan fingerprint density at radius 2 is 2.30 bits per heavy atom. The van der Waals surface area contributed by atoms with Gasteiger partial charge >= 0.3 is 0 Å². The highest BCUT2D eigenvalue weighted by Gasteiger charge is 2.16. The van der Waals surface area contributed by atoms with Gasteiger partial charge in [-0.05, 0) is 18.2 Å². The number of benzene rings is 1. The topological polar surface area (TPSA) is 90.1 Å². The fourth-order valence-corrected chi connectivity index (χ4v) is 2.62. The Labute approximate surface area is 123 Å². The van der Waals surface area contributed by atoms with Crippen LogP contribution in [-0.4, -0.2) is 22.5 Å². The standard InChI is InChI=1S/C12H9ClN4O2S/c13-9-4-15-12(11(14)17-9)20-6-1-2-8-7(3-6)16-10(18)5-19-8/h1-4H,5H2,(H2,14,17)(H,16,18). The number of nitrogens with two attached hydrogens (primary N) is 1. The maximum absolute atomic E-state index is 11.3. The highest BCUT2D eigenvalue weighted by atomic mass is 35.5. The van der Waals surface area contributed by atoms with E-state index in [1.807, 2.05) is 6.07 Å². The van der Waals surface area contributed by atoms with Crippen LogP contribution in [0, 0.1) is 0 Å². The van der Waals surface area contributed by atoms with Gasteiger partial charge in [0.1, 0.15) is 15.9 Å². The summed E-state index contributed by atoms with van der Waals surface area (Å²) in [7, 11) is 0. The molecule has 3 N–H and O–H groups in total. The van der Waals surface area contributed by atoms with Crippen molar-refractivity contribution in [1.82, 2.24) is 9.97 Å². The number of carbonyl (C=O) groups excluding carboxylic acids is 1. The van der Waals surface area contributed by atoms with Crippen LogP contribution in [-0.2, 0) is 4.79 Å². The monoisotopic (exact) mass is 308 g/mol. The largest absolute Gasteiger partial charge is 0.482 e. The van der Waals surface area contributed by atoms with Crippen molar-refractivity contribution in [1.29, 1.82) is 0 Å². The number of fused-ring (bicyclic) bond motifs is 1. The summed E-state index contributed by atoms with van der Waals surface area (Å²) >= 11 is 7.04. The van der Waals surface area contributed by atoms with Crippen molar-refractivity contribution in [3.63, 3.8) is 0 Å². The summed E-state index contributed by atoms with van der Waals surface area (Å²) in [6, 6.07) is 5.44. The van der Waals surface area contributed by atoms with E-state index in [1.54, 1.807) is 12.1 Å². The third kappa shape index (κ3) is 2.63. The molecule has 20 heavy (non-hydrogen) atoms. The zero-order valence-electron chi connectivity index (χ0n) is 10.1. The molecule has 0 radical (unpaired) electrons. The fraction of sp³-hybridized carbons (Fsp3) is 0.0833. The number of halogens is 1. The third-order valence-corrected chi connectivity index (χ3v) is 3.71. The van der Waals surface area contributed by atoms with Crippen LogP contribution >= 0.6 is 23.4 Å². The van der Waals surface area contributed by atoms with Crippen molar-refractivity contribution in [3.05, 3.63) is 29.5 Å². The first-order valence-electron chi connectivity index (χ1n) is 5.64. The normalized spacial score (nSPS) is 13.3. The summed E-state index contributed by atoms with van der Waals surface area (Å²) in [6.07, 6.45) is 1.43. The number of carbonyl (C=O) groups is 1. The quantitative estimate of drug-likeness (QED) is 0.884. The molecule has 2 heterocycles. The van der Waals surface area contributed by atoms with Crippen LogP contribution in [0.25, 0.3) is 0 Å². The molecular formula is C12H9ClN4O2S. The molecule has 1 aliphatic heterocycles. The molecule has 1 amide bonds. The van der Waals surface area contributed by atoms with E-state index < -0.39 is 0 Å². The molecule has 0 fully saturated rings. The van der Waals surface area contributed by atoms with Gasteiger partial charge < -0.3 is 15.8 Å². The molecule has 6 nitrogen and oxygen atoms in total. The van der Waals surface area contributed by atoms with Gasteiger partial charge in [-0.1, -0.05) is 23.4 Å². The Morgan fingerprint density at radius 1 is 1.45 bits per heavy atom. The van der Waals surface area contributed by atoms with Crippen LogP contribution in [0.4, 0.5) is 11.5 Å². The molecule has 0 bridgehead atoms. The van der Waals surface area contributed by atoms with E-state index in [1.165, 1.54) is 18.0 Å². The summed E-state index contributed by atoms with van der Waals surface area (Å²) in [5.74, 6) is 0.732. The predicted octanol–water partition coefficient (Wildman–Crippen LogP) is 2.19. The minimum absolute atomic E-state index is 0.0368. The Hall–Kier alpha value is -1.99. The number of nitrogens with zero attached hydrogens (tertiary/aromatic N) is 2. The molecule has 1 aromatic heterocycles. The molecular weight excluding hydrogens is 300 g/mol. The van der Waals surface area contributed by atoms with Gasteiger partial charge in [0.25, 0.3) is 5.91 Å². The minimum Gasteiger partial charge on any atom is -0.482 e. The summed E-state index contributed by atoms with van der Waals surface area (Å²) in [6.45, 7) is 0.0368. The highest BCUT2D eigenvalue weighted by Crippen LogP contribution is 2.36. The van der Waals surface area contributed by atoms with Crippen LogP contribution in [0.3, 0.4) is 0 Å².